The van der Waals surface area contributed by atoms with Crippen molar-refractivity contribution in [3.8, 4) is 11.5 Å². The summed E-state index contributed by atoms with van der Waals surface area (Å²) in [6.45, 7) is 2.30. The summed E-state index contributed by atoms with van der Waals surface area (Å²) in [5, 5.41) is 11.5. The van der Waals surface area contributed by atoms with E-state index in [0.717, 1.165) is 0 Å². The van der Waals surface area contributed by atoms with Crippen LogP contribution in [0.2, 0.25) is 0 Å². The fourth-order valence-corrected chi connectivity index (χ4v) is 3.78. The smallest absolute Gasteiger partial charge is 0.278 e. The van der Waals surface area contributed by atoms with E-state index in [-0.39, 0.29) is 13.2 Å². The Hall–Kier alpha value is -2.88. The summed E-state index contributed by atoms with van der Waals surface area (Å²) in [7, 11) is 0. The van der Waals surface area contributed by atoms with Gasteiger partial charge in [-0.2, -0.15) is 0 Å². The quantitative estimate of drug-likeness (QED) is 0.435. The van der Waals surface area contributed by atoms with Crippen molar-refractivity contribution in [3.05, 3.63) is 18.2 Å². The van der Waals surface area contributed by atoms with E-state index in [2.05, 4.69) is 5.32 Å². The average Bonchev–Trinajstić information content (AvgIpc) is 3.42. The number of carbonyl (C=O) groups is 3. The minimum absolute atomic E-state index is 0.114. The van der Waals surface area contributed by atoms with E-state index < -0.39 is 35.9 Å². The highest BCUT2D eigenvalue weighted by molar-refractivity contribution is 5.98. The summed E-state index contributed by atoms with van der Waals surface area (Å²) in [6.07, 6.45) is 0.243. The summed E-state index contributed by atoms with van der Waals surface area (Å²) in [5.74, 6) is -2.40. The first-order valence-corrected chi connectivity index (χ1v) is 10.0. The molecule has 164 valence electrons. The summed E-state index contributed by atoms with van der Waals surface area (Å²) < 4.78 is 25.1. The third-order valence-electron chi connectivity index (χ3n) is 5.38. The predicted molar refractivity (Wildman–Crippen MR) is 104 cm³/mol. The van der Waals surface area contributed by atoms with Crippen molar-refractivity contribution < 1.29 is 33.5 Å². The highest BCUT2D eigenvalue weighted by Crippen LogP contribution is 2.34. The molecule has 3 amide bonds. The van der Waals surface area contributed by atoms with Crippen LogP contribution in [-0.2, 0) is 14.4 Å². The normalized spacial score (nSPS) is 19.3. The lowest BCUT2D eigenvalue weighted by Gasteiger charge is -2.29. The van der Waals surface area contributed by atoms with Crippen LogP contribution >= 0.6 is 0 Å². The number of rotatable bonds is 8. The van der Waals surface area contributed by atoms with E-state index in [1.807, 2.05) is 6.92 Å². The molecule has 0 aromatic heterocycles. The molecule has 30 heavy (non-hydrogen) atoms. The maximum absolute atomic E-state index is 14.5. The number of alkyl halides is 1. The summed E-state index contributed by atoms with van der Waals surface area (Å²) >= 11 is 0. The average molecular weight is 423 g/mol. The van der Waals surface area contributed by atoms with Crippen molar-refractivity contribution in [3.63, 3.8) is 0 Å². The van der Waals surface area contributed by atoms with E-state index in [4.69, 9.17) is 14.7 Å². The topological polar surface area (TPSA) is 117 Å². The Morgan fingerprint density at radius 3 is 2.80 bits per heavy atom. The molecule has 2 aliphatic rings. The maximum atomic E-state index is 14.5. The molecule has 0 radical (unpaired) electrons. The van der Waals surface area contributed by atoms with E-state index in [1.54, 1.807) is 18.2 Å². The molecule has 1 saturated heterocycles. The van der Waals surface area contributed by atoms with Gasteiger partial charge in [-0.05, 0) is 31.4 Å². The molecule has 9 nitrogen and oxygen atoms in total. The van der Waals surface area contributed by atoms with Crippen LogP contribution in [0.4, 0.5) is 10.1 Å². The number of nitrogens with zero attached hydrogens (tertiary/aromatic N) is 1. The van der Waals surface area contributed by atoms with Gasteiger partial charge >= 0.3 is 0 Å². The number of unbranched alkanes of at least 4 members (excludes halogenated alkanes) is 1. The van der Waals surface area contributed by atoms with Crippen LogP contribution in [0, 0.1) is 5.92 Å². The number of anilines is 1. The zero-order chi connectivity index (χ0) is 21.7. The zero-order valence-corrected chi connectivity index (χ0v) is 16.7. The predicted octanol–water partition coefficient (Wildman–Crippen LogP) is 1.99. The highest BCUT2D eigenvalue weighted by atomic mass is 19.1. The molecule has 2 heterocycles. The van der Waals surface area contributed by atoms with E-state index in [9.17, 15) is 18.8 Å². The number of nitrogens with one attached hydrogen (secondary N) is 2. The van der Waals surface area contributed by atoms with Crippen LogP contribution in [0.5, 0.6) is 11.5 Å². The van der Waals surface area contributed by atoms with E-state index in [0.29, 0.717) is 49.4 Å². The Morgan fingerprint density at radius 2 is 2.07 bits per heavy atom. The molecular weight excluding hydrogens is 397 g/mol. The van der Waals surface area contributed by atoms with Gasteiger partial charge in [0.25, 0.3) is 5.91 Å². The molecule has 10 heteroatoms. The number of fused-ring (bicyclic) bond motifs is 1. The summed E-state index contributed by atoms with van der Waals surface area (Å²) in [5.41, 5.74) is 1.76. The molecule has 3 rings (SSSR count). The second kappa shape index (κ2) is 9.75. The van der Waals surface area contributed by atoms with Crippen LogP contribution in [0.15, 0.2) is 18.2 Å². The lowest BCUT2D eigenvalue weighted by molar-refractivity contribution is -0.148. The second-order valence-corrected chi connectivity index (χ2v) is 7.37. The molecule has 1 aromatic carbocycles. The molecule has 2 aliphatic heterocycles. The molecule has 0 spiro atoms. The Kier molecular flexibility index (Phi) is 7.09. The van der Waals surface area contributed by atoms with Crippen LogP contribution in [0.3, 0.4) is 0 Å². The first kappa shape index (κ1) is 21.8. The SMILES string of the molecule is CCCC[C@@H](C(=O)N1CCC[C@H]1C(=O)Nc1ccc2c(c1)OCO2)[C@@H](F)C(=O)NO. The lowest BCUT2D eigenvalue weighted by atomic mass is 9.94. The number of ether oxygens (including phenoxy) is 2. The van der Waals surface area contributed by atoms with Gasteiger partial charge < -0.3 is 19.7 Å². The van der Waals surface area contributed by atoms with Gasteiger partial charge in [-0.25, -0.2) is 9.87 Å². The van der Waals surface area contributed by atoms with Crippen molar-refractivity contribution in [1.29, 1.82) is 0 Å². The van der Waals surface area contributed by atoms with Crippen molar-refractivity contribution >= 4 is 23.4 Å². The number of hydrogen-bond donors (Lipinski definition) is 3. The van der Waals surface area contributed by atoms with Crippen molar-refractivity contribution in [2.45, 2.75) is 51.2 Å². The Labute approximate surface area is 173 Å². The molecule has 3 atom stereocenters. The monoisotopic (exact) mass is 423 g/mol. The fraction of sp³-hybridized carbons (Fsp3) is 0.550. The summed E-state index contributed by atoms with van der Waals surface area (Å²) in [6, 6.07) is 4.21. The van der Waals surface area contributed by atoms with Gasteiger partial charge in [-0.15, -0.1) is 0 Å². The van der Waals surface area contributed by atoms with Crippen LogP contribution in [-0.4, -0.2) is 53.4 Å². The number of likely N-dealkylation sites (tertiary alicyclic amines) is 1. The number of amides is 3. The van der Waals surface area contributed by atoms with Gasteiger partial charge in [-0.1, -0.05) is 19.8 Å². The molecule has 1 fully saturated rings. The van der Waals surface area contributed by atoms with Crippen molar-refractivity contribution in [2.75, 3.05) is 18.7 Å². The minimum Gasteiger partial charge on any atom is -0.454 e. The van der Waals surface area contributed by atoms with Crippen molar-refractivity contribution in [1.82, 2.24) is 10.4 Å². The largest absolute Gasteiger partial charge is 0.454 e. The highest BCUT2D eigenvalue weighted by Gasteiger charge is 2.41. The number of hydrogen-bond acceptors (Lipinski definition) is 6. The molecule has 0 aliphatic carbocycles. The van der Waals surface area contributed by atoms with Crippen LogP contribution in [0.25, 0.3) is 0 Å². The third kappa shape index (κ3) is 4.64. The fourth-order valence-electron chi connectivity index (χ4n) is 3.78. The number of halogens is 1. The van der Waals surface area contributed by atoms with Crippen molar-refractivity contribution in [2.24, 2.45) is 5.92 Å². The van der Waals surface area contributed by atoms with Gasteiger partial charge in [0.05, 0.1) is 5.92 Å². The van der Waals surface area contributed by atoms with Gasteiger partial charge in [0.15, 0.2) is 17.7 Å². The first-order valence-electron chi connectivity index (χ1n) is 10.0. The van der Waals surface area contributed by atoms with E-state index >= 15 is 0 Å². The van der Waals surface area contributed by atoms with E-state index in [1.165, 1.54) is 10.4 Å². The maximum Gasteiger partial charge on any atom is 0.278 e. The van der Waals surface area contributed by atoms with Gasteiger partial charge in [0.2, 0.25) is 18.6 Å². The third-order valence-corrected chi connectivity index (χ3v) is 5.38. The molecule has 1 aromatic rings. The Bertz CT molecular complexity index is 805. The molecule has 0 bridgehead atoms. The Morgan fingerprint density at radius 1 is 1.30 bits per heavy atom. The zero-order valence-electron chi connectivity index (χ0n) is 16.7. The van der Waals surface area contributed by atoms with Gasteiger partial charge in [0, 0.05) is 18.3 Å². The molecule has 0 saturated carbocycles. The first-order chi connectivity index (χ1) is 14.5. The van der Waals surface area contributed by atoms with Gasteiger partial charge in [0.1, 0.15) is 6.04 Å². The standard InChI is InChI=1S/C20H26FN3O6/c1-2-3-5-13(17(21)19(26)23-28)20(27)24-9-4-6-14(24)18(25)22-12-7-8-15-16(10-12)30-11-29-15/h7-8,10,13-14,17,28H,2-6,9,11H2,1H3,(H,22,25)(H,23,26)/t13-,14+,17-/m1/s1. The molecule has 3 N–H and O–H groups in total. The number of hydroxylamine groups is 1. The second-order valence-electron chi connectivity index (χ2n) is 7.37. The Balaban J connectivity index is 1.71. The molecular formula is C20H26FN3O6. The summed E-state index contributed by atoms with van der Waals surface area (Å²) in [4.78, 5) is 38.8. The number of benzene rings is 1. The minimum atomic E-state index is -2.19. The van der Waals surface area contributed by atoms with Gasteiger partial charge in [-0.3, -0.25) is 19.6 Å². The molecule has 0 unspecified atom stereocenters. The van der Waals surface area contributed by atoms with Crippen LogP contribution < -0.4 is 20.3 Å². The van der Waals surface area contributed by atoms with Crippen LogP contribution in [0.1, 0.15) is 39.0 Å². The lowest BCUT2D eigenvalue weighted by Crippen LogP contribution is -2.49. The number of carbonyl (C=O) groups excluding carboxylic acids is 3.